The third-order valence-electron chi connectivity index (χ3n) is 3.26. The summed E-state index contributed by atoms with van der Waals surface area (Å²) in [6.45, 7) is 11.2. The molecule has 106 valence electrons. The first kappa shape index (κ1) is 14.2. The molecular formula is C13H22N4OS. The second kappa shape index (κ2) is 5.07. The molecule has 1 fully saturated rings. The lowest BCUT2D eigenvalue weighted by molar-refractivity contribution is -0.129. The van der Waals surface area contributed by atoms with Gasteiger partial charge in [-0.3, -0.25) is 4.79 Å². The minimum absolute atomic E-state index is 0.0555. The highest BCUT2D eigenvalue weighted by molar-refractivity contribution is 7.09. The van der Waals surface area contributed by atoms with Gasteiger partial charge < -0.3 is 10.2 Å². The number of amides is 1. The van der Waals surface area contributed by atoms with E-state index in [0.29, 0.717) is 0 Å². The summed E-state index contributed by atoms with van der Waals surface area (Å²) in [6.07, 6.45) is 0.835. The number of rotatable bonds is 3. The third kappa shape index (κ3) is 3.05. The molecule has 1 aliphatic rings. The van der Waals surface area contributed by atoms with Gasteiger partial charge in [-0.1, -0.05) is 20.8 Å². The largest absolute Gasteiger partial charge is 0.348 e. The molecule has 1 aromatic rings. The highest BCUT2D eigenvalue weighted by Crippen LogP contribution is 2.25. The van der Waals surface area contributed by atoms with E-state index in [1.54, 1.807) is 0 Å². The Balaban J connectivity index is 2.03. The lowest BCUT2D eigenvalue weighted by Crippen LogP contribution is -2.37. The van der Waals surface area contributed by atoms with Gasteiger partial charge in [0, 0.05) is 29.5 Å². The van der Waals surface area contributed by atoms with E-state index in [9.17, 15) is 4.79 Å². The first-order valence-corrected chi connectivity index (χ1v) is 7.47. The number of nitrogens with one attached hydrogen (secondary N) is 1. The fraction of sp³-hybridized carbons (Fsp3) is 0.769. The molecule has 6 heteroatoms. The van der Waals surface area contributed by atoms with Crippen molar-refractivity contribution < 1.29 is 4.79 Å². The summed E-state index contributed by atoms with van der Waals surface area (Å²) in [5.74, 6) is 0.994. The minimum atomic E-state index is -0.150. The maximum absolute atomic E-state index is 12.2. The fourth-order valence-electron chi connectivity index (χ4n) is 2.08. The molecular weight excluding hydrogens is 260 g/mol. The van der Waals surface area contributed by atoms with Crippen molar-refractivity contribution in [1.29, 1.82) is 0 Å². The van der Waals surface area contributed by atoms with Crippen molar-refractivity contribution in [3.8, 4) is 0 Å². The molecule has 1 amide bonds. The van der Waals surface area contributed by atoms with Crippen LogP contribution in [0.5, 0.6) is 0 Å². The van der Waals surface area contributed by atoms with E-state index in [2.05, 4.69) is 35.4 Å². The van der Waals surface area contributed by atoms with Gasteiger partial charge >= 0.3 is 0 Å². The molecule has 1 atom stereocenters. The van der Waals surface area contributed by atoms with Crippen molar-refractivity contribution >= 4 is 22.6 Å². The Kier molecular flexibility index (Phi) is 3.80. The maximum atomic E-state index is 12.2. The van der Waals surface area contributed by atoms with Gasteiger partial charge in [0.05, 0.1) is 0 Å². The minimum Gasteiger partial charge on any atom is -0.348 e. The van der Waals surface area contributed by atoms with Crippen molar-refractivity contribution in [2.45, 2.75) is 58.5 Å². The first-order chi connectivity index (χ1) is 8.79. The van der Waals surface area contributed by atoms with Crippen LogP contribution in [0.3, 0.4) is 0 Å². The van der Waals surface area contributed by atoms with E-state index in [-0.39, 0.29) is 23.4 Å². The van der Waals surface area contributed by atoms with Crippen LogP contribution in [0.4, 0.5) is 5.13 Å². The fourth-order valence-corrected chi connectivity index (χ4v) is 2.89. The zero-order valence-corrected chi connectivity index (χ0v) is 13.0. The topological polar surface area (TPSA) is 58.1 Å². The molecule has 1 saturated heterocycles. The highest BCUT2D eigenvalue weighted by atomic mass is 32.1. The molecule has 0 bridgehead atoms. The summed E-state index contributed by atoms with van der Waals surface area (Å²) in [4.78, 5) is 18.6. The van der Waals surface area contributed by atoms with Gasteiger partial charge in [-0.25, -0.2) is 4.98 Å². The Morgan fingerprint density at radius 2 is 2.11 bits per heavy atom. The Morgan fingerprint density at radius 3 is 2.58 bits per heavy atom. The van der Waals surface area contributed by atoms with Crippen molar-refractivity contribution in [3.05, 3.63) is 5.82 Å². The molecule has 19 heavy (non-hydrogen) atoms. The lowest BCUT2D eigenvalue weighted by atomic mass is 9.96. The van der Waals surface area contributed by atoms with Gasteiger partial charge in [-0.05, 0) is 20.3 Å². The van der Waals surface area contributed by atoms with Gasteiger partial charge in [0.15, 0.2) is 0 Å². The number of carbonyl (C=O) groups excluding carboxylic acids is 1. The monoisotopic (exact) mass is 282 g/mol. The van der Waals surface area contributed by atoms with Gasteiger partial charge in [0.25, 0.3) is 0 Å². The second-order valence-electron chi connectivity index (χ2n) is 6.28. The summed E-state index contributed by atoms with van der Waals surface area (Å²) >= 11 is 1.33. The van der Waals surface area contributed by atoms with E-state index in [1.807, 2.05) is 18.7 Å². The zero-order chi connectivity index (χ0) is 14.2. The van der Waals surface area contributed by atoms with E-state index in [1.165, 1.54) is 11.5 Å². The van der Waals surface area contributed by atoms with Crippen LogP contribution in [0.25, 0.3) is 0 Å². The van der Waals surface area contributed by atoms with E-state index in [4.69, 9.17) is 0 Å². The van der Waals surface area contributed by atoms with Crippen LogP contribution in [-0.2, 0) is 10.2 Å². The molecule has 2 rings (SSSR count). The molecule has 2 heterocycles. The number of carbonyl (C=O) groups is 1. The molecule has 0 radical (unpaired) electrons. The van der Waals surface area contributed by atoms with E-state index < -0.39 is 0 Å². The molecule has 5 nitrogen and oxygen atoms in total. The molecule has 1 aromatic heterocycles. The molecule has 0 spiro atoms. The Morgan fingerprint density at radius 1 is 1.42 bits per heavy atom. The van der Waals surface area contributed by atoms with E-state index >= 15 is 0 Å². The standard InChI is InChI=1S/C13H22N4OS/c1-8(2)17-7-6-9(10(17)18)14-12-15-11(16-19-12)13(3,4)5/h8-9H,6-7H2,1-5H3,(H,14,15,16). The summed E-state index contributed by atoms with van der Waals surface area (Å²) in [6, 6.07) is 0.113. The summed E-state index contributed by atoms with van der Waals surface area (Å²) in [5.41, 5.74) is -0.0555. The predicted molar refractivity (Wildman–Crippen MR) is 77.5 cm³/mol. The second-order valence-corrected chi connectivity index (χ2v) is 7.04. The maximum Gasteiger partial charge on any atom is 0.245 e. The van der Waals surface area contributed by atoms with Gasteiger partial charge in [-0.15, -0.1) is 0 Å². The molecule has 1 unspecified atom stereocenters. The Bertz CT molecular complexity index is 463. The average molecular weight is 282 g/mol. The van der Waals surface area contributed by atoms with Crippen LogP contribution in [0.1, 0.15) is 46.9 Å². The number of aromatic nitrogens is 2. The average Bonchev–Trinajstić information content (AvgIpc) is 2.87. The molecule has 1 N–H and O–H groups in total. The van der Waals surface area contributed by atoms with Gasteiger partial charge in [0.1, 0.15) is 11.9 Å². The highest BCUT2D eigenvalue weighted by Gasteiger charge is 2.33. The molecule has 1 aliphatic heterocycles. The quantitative estimate of drug-likeness (QED) is 0.924. The van der Waals surface area contributed by atoms with Gasteiger partial charge in [0.2, 0.25) is 11.0 Å². The number of anilines is 1. The number of likely N-dealkylation sites (tertiary alicyclic amines) is 1. The van der Waals surface area contributed by atoms with Gasteiger partial charge in [-0.2, -0.15) is 4.37 Å². The Hall–Kier alpha value is -1.17. The first-order valence-electron chi connectivity index (χ1n) is 6.70. The van der Waals surface area contributed by atoms with Crippen molar-refractivity contribution in [3.63, 3.8) is 0 Å². The molecule has 0 saturated carbocycles. The SMILES string of the molecule is CC(C)N1CCC(Nc2nc(C(C)(C)C)ns2)C1=O. The van der Waals surface area contributed by atoms with Crippen molar-refractivity contribution in [2.75, 3.05) is 11.9 Å². The van der Waals surface area contributed by atoms with Crippen molar-refractivity contribution in [1.82, 2.24) is 14.3 Å². The zero-order valence-electron chi connectivity index (χ0n) is 12.2. The van der Waals surface area contributed by atoms with Crippen LogP contribution < -0.4 is 5.32 Å². The lowest BCUT2D eigenvalue weighted by Gasteiger charge is -2.20. The van der Waals surface area contributed by atoms with Crippen LogP contribution in [-0.4, -0.2) is 38.8 Å². The number of nitrogens with zero attached hydrogens (tertiary/aromatic N) is 3. The van der Waals surface area contributed by atoms with Crippen LogP contribution in [0.15, 0.2) is 0 Å². The summed E-state index contributed by atoms with van der Waals surface area (Å²) in [5, 5.41) is 3.97. The van der Waals surface area contributed by atoms with Crippen LogP contribution in [0.2, 0.25) is 0 Å². The Labute approximate surface area is 118 Å². The smallest absolute Gasteiger partial charge is 0.245 e. The van der Waals surface area contributed by atoms with Crippen LogP contribution >= 0.6 is 11.5 Å². The third-order valence-corrected chi connectivity index (χ3v) is 3.90. The number of hydrogen-bond acceptors (Lipinski definition) is 5. The van der Waals surface area contributed by atoms with Crippen LogP contribution in [0, 0.1) is 0 Å². The molecule has 0 aliphatic carbocycles. The van der Waals surface area contributed by atoms with E-state index in [0.717, 1.165) is 23.9 Å². The number of hydrogen-bond donors (Lipinski definition) is 1. The normalized spacial score (nSPS) is 20.4. The predicted octanol–water partition coefficient (Wildman–Crippen LogP) is 2.26. The summed E-state index contributed by atoms with van der Waals surface area (Å²) in [7, 11) is 0. The van der Waals surface area contributed by atoms with Crippen molar-refractivity contribution in [2.24, 2.45) is 0 Å². The molecule has 0 aromatic carbocycles. The summed E-state index contributed by atoms with van der Waals surface area (Å²) < 4.78 is 4.35.